The molecule has 0 aromatic heterocycles. The van der Waals surface area contributed by atoms with Gasteiger partial charge in [-0.3, -0.25) is 4.90 Å². The summed E-state index contributed by atoms with van der Waals surface area (Å²) in [6.45, 7) is 1.44. The van der Waals surface area contributed by atoms with Gasteiger partial charge in [0.15, 0.2) is 0 Å². The van der Waals surface area contributed by atoms with Gasteiger partial charge in [-0.25, -0.2) is 9.18 Å². The van der Waals surface area contributed by atoms with Gasteiger partial charge >= 0.3 is 6.03 Å². The second-order valence-corrected chi connectivity index (χ2v) is 4.13. The number of urea groups is 1. The van der Waals surface area contributed by atoms with Gasteiger partial charge in [0.2, 0.25) is 0 Å². The van der Waals surface area contributed by atoms with E-state index in [1.807, 2.05) is 7.05 Å². The smallest absolute Gasteiger partial charge is 0.322 e. The Morgan fingerprint density at radius 3 is 3.12 bits per heavy atom. The number of hydrogen-bond donors (Lipinski definition) is 2. The van der Waals surface area contributed by atoms with Gasteiger partial charge in [-0.15, -0.1) is 0 Å². The van der Waals surface area contributed by atoms with Crippen LogP contribution in [0.1, 0.15) is 6.42 Å². The predicted molar refractivity (Wildman–Crippen MR) is 64.6 cm³/mol. The first-order chi connectivity index (χ1) is 8.20. The Balaban J connectivity index is 2.05. The first-order valence-corrected chi connectivity index (χ1v) is 5.69. The number of carbonyl (C=O) groups is 1. The van der Waals surface area contributed by atoms with Crippen LogP contribution in [0.2, 0.25) is 0 Å². The minimum atomic E-state index is -0.325. The molecule has 1 aromatic carbocycles. The lowest BCUT2D eigenvalue weighted by Gasteiger charge is -2.14. The lowest BCUT2D eigenvalue weighted by atomic mass is 10.2. The van der Waals surface area contributed by atoms with Gasteiger partial charge < -0.3 is 10.6 Å². The van der Waals surface area contributed by atoms with Crippen molar-refractivity contribution in [2.24, 2.45) is 0 Å². The fraction of sp³-hybridized carbons (Fsp3) is 0.417. The number of anilines is 1. The van der Waals surface area contributed by atoms with Crippen molar-refractivity contribution in [1.29, 1.82) is 0 Å². The maximum Gasteiger partial charge on any atom is 0.322 e. The van der Waals surface area contributed by atoms with E-state index in [1.54, 1.807) is 17.0 Å². The van der Waals surface area contributed by atoms with Crippen LogP contribution in [0.5, 0.6) is 0 Å². The molecule has 1 unspecified atom stereocenters. The van der Waals surface area contributed by atoms with E-state index >= 15 is 0 Å². The maximum atomic E-state index is 13.1. The van der Waals surface area contributed by atoms with Crippen molar-refractivity contribution in [3.8, 4) is 0 Å². The second kappa shape index (κ2) is 5.14. The molecule has 0 saturated carbocycles. The molecule has 92 valence electrons. The molecular formula is C12H16FN3O. The summed E-state index contributed by atoms with van der Waals surface area (Å²) in [5, 5.41) is 5.92. The Hall–Kier alpha value is -1.62. The largest absolute Gasteiger partial charge is 0.333 e. The molecule has 0 spiro atoms. The van der Waals surface area contributed by atoms with Crippen molar-refractivity contribution in [2.45, 2.75) is 12.5 Å². The molecule has 0 radical (unpaired) electrons. The Morgan fingerprint density at radius 1 is 1.59 bits per heavy atom. The summed E-state index contributed by atoms with van der Waals surface area (Å²) in [7, 11) is 1.88. The number of hydrogen-bond acceptors (Lipinski definition) is 2. The third kappa shape index (κ3) is 2.74. The van der Waals surface area contributed by atoms with E-state index in [0.717, 1.165) is 13.0 Å². The molecule has 1 aliphatic heterocycles. The van der Waals surface area contributed by atoms with Gasteiger partial charge in [0, 0.05) is 18.3 Å². The Kier molecular flexibility index (Phi) is 3.58. The zero-order valence-electron chi connectivity index (χ0n) is 9.74. The van der Waals surface area contributed by atoms with Crippen molar-refractivity contribution in [3.05, 3.63) is 30.1 Å². The molecular weight excluding hydrogens is 221 g/mol. The van der Waals surface area contributed by atoms with E-state index in [2.05, 4.69) is 10.6 Å². The first kappa shape index (κ1) is 11.9. The van der Waals surface area contributed by atoms with Gasteiger partial charge in [0.05, 0.1) is 0 Å². The SMILES string of the molecule is CNCCC1CN(c2cccc(F)c2)C(=O)N1. The monoisotopic (exact) mass is 237 g/mol. The topological polar surface area (TPSA) is 44.4 Å². The van der Waals surface area contributed by atoms with Gasteiger partial charge in [-0.2, -0.15) is 0 Å². The quantitative estimate of drug-likeness (QED) is 0.830. The summed E-state index contributed by atoms with van der Waals surface area (Å²) in [5.41, 5.74) is 0.606. The number of nitrogens with one attached hydrogen (secondary N) is 2. The minimum absolute atomic E-state index is 0.123. The highest BCUT2D eigenvalue weighted by atomic mass is 19.1. The van der Waals surface area contributed by atoms with Gasteiger partial charge in [0.25, 0.3) is 0 Å². The Labute approximate surface area is 99.8 Å². The van der Waals surface area contributed by atoms with E-state index < -0.39 is 0 Å². The van der Waals surface area contributed by atoms with E-state index in [9.17, 15) is 9.18 Å². The molecule has 5 heteroatoms. The zero-order chi connectivity index (χ0) is 12.3. The molecule has 1 atom stereocenters. The average Bonchev–Trinajstić information content (AvgIpc) is 2.68. The molecule has 2 rings (SSSR count). The summed E-state index contributed by atoms with van der Waals surface area (Å²) in [5.74, 6) is -0.325. The van der Waals surface area contributed by atoms with Crippen LogP contribution in [0.3, 0.4) is 0 Å². The third-order valence-electron chi connectivity index (χ3n) is 2.84. The van der Waals surface area contributed by atoms with Crippen molar-refractivity contribution < 1.29 is 9.18 Å². The predicted octanol–water partition coefficient (Wildman–Crippen LogP) is 1.33. The van der Waals surface area contributed by atoms with Crippen LogP contribution in [0.15, 0.2) is 24.3 Å². The highest BCUT2D eigenvalue weighted by Crippen LogP contribution is 2.19. The highest BCUT2D eigenvalue weighted by Gasteiger charge is 2.29. The summed E-state index contributed by atoms with van der Waals surface area (Å²) in [6.07, 6.45) is 0.869. The second-order valence-electron chi connectivity index (χ2n) is 4.13. The molecule has 0 bridgehead atoms. The van der Waals surface area contributed by atoms with E-state index in [-0.39, 0.29) is 17.9 Å². The van der Waals surface area contributed by atoms with Crippen LogP contribution in [0.25, 0.3) is 0 Å². The molecule has 4 nitrogen and oxygen atoms in total. The van der Waals surface area contributed by atoms with Crippen LogP contribution >= 0.6 is 0 Å². The molecule has 1 aliphatic rings. The van der Waals surface area contributed by atoms with Crippen molar-refractivity contribution in [2.75, 3.05) is 25.0 Å². The average molecular weight is 237 g/mol. The molecule has 1 saturated heterocycles. The van der Waals surface area contributed by atoms with Gasteiger partial charge in [0.1, 0.15) is 5.82 Å². The molecule has 1 aromatic rings. The fourth-order valence-electron chi connectivity index (χ4n) is 1.95. The number of rotatable bonds is 4. The normalized spacial score (nSPS) is 19.5. The van der Waals surface area contributed by atoms with Gasteiger partial charge in [-0.1, -0.05) is 6.07 Å². The molecule has 2 N–H and O–H groups in total. The number of amides is 2. The number of nitrogens with zero attached hydrogens (tertiary/aromatic N) is 1. The van der Waals surface area contributed by atoms with E-state index in [1.165, 1.54) is 12.1 Å². The number of halogens is 1. The van der Waals surface area contributed by atoms with Crippen LogP contribution in [-0.4, -0.2) is 32.2 Å². The van der Waals surface area contributed by atoms with Crippen LogP contribution in [0.4, 0.5) is 14.9 Å². The molecule has 1 heterocycles. The van der Waals surface area contributed by atoms with Crippen molar-refractivity contribution in [3.63, 3.8) is 0 Å². The van der Waals surface area contributed by atoms with Gasteiger partial charge in [-0.05, 0) is 38.2 Å². The minimum Gasteiger partial charge on any atom is -0.333 e. The molecule has 17 heavy (non-hydrogen) atoms. The summed E-state index contributed by atoms with van der Waals surface area (Å²) in [4.78, 5) is 13.3. The lowest BCUT2D eigenvalue weighted by Crippen LogP contribution is -2.29. The number of benzene rings is 1. The first-order valence-electron chi connectivity index (χ1n) is 5.69. The standard InChI is InChI=1S/C12H16FN3O/c1-14-6-5-10-8-16(12(17)15-10)11-4-2-3-9(13)7-11/h2-4,7,10,14H,5-6,8H2,1H3,(H,15,17). The fourth-order valence-corrected chi connectivity index (χ4v) is 1.95. The highest BCUT2D eigenvalue weighted by molar-refractivity contribution is 5.94. The maximum absolute atomic E-state index is 13.1. The molecule has 0 aliphatic carbocycles. The lowest BCUT2D eigenvalue weighted by molar-refractivity contribution is 0.250. The van der Waals surface area contributed by atoms with E-state index in [0.29, 0.717) is 12.2 Å². The number of carbonyl (C=O) groups excluding carboxylic acids is 1. The Morgan fingerprint density at radius 2 is 2.41 bits per heavy atom. The molecule has 1 fully saturated rings. The van der Waals surface area contributed by atoms with Crippen LogP contribution in [0, 0.1) is 5.82 Å². The summed E-state index contributed by atoms with van der Waals surface area (Å²) >= 11 is 0. The summed E-state index contributed by atoms with van der Waals surface area (Å²) < 4.78 is 13.1. The van der Waals surface area contributed by atoms with Crippen molar-refractivity contribution in [1.82, 2.24) is 10.6 Å². The Bertz CT molecular complexity index is 410. The summed E-state index contributed by atoms with van der Waals surface area (Å²) in [6, 6.07) is 6.06. The van der Waals surface area contributed by atoms with Crippen molar-refractivity contribution >= 4 is 11.7 Å². The third-order valence-corrected chi connectivity index (χ3v) is 2.84. The van der Waals surface area contributed by atoms with E-state index in [4.69, 9.17) is 0 Å². The zero-order valence-corrected chi connectivity index (χ0v) is 9.74. The molecule has 2 amide bonds. The van der Waals surface area contributed by atoms with Crippen LogP contribution in [-0.2, 0) is 0 Å². The van der Waals surface area contributed by atoms with Crippen LogP contribution < -0.4 is 15.5 Å².